The summed E-state index contributed by atoms with van der Waals surface area (Å²) in [7, 11) is 0. The molecule has 0 atom stereocenters. The number of carboxylic acid groups (broad SMARTS) is 1. The number of carbonyl (C=O) groups is 2. The van der Waals surface area contributed by atoms with Crippen molar-refractivity contribution in [3.63, 3.8) is 0 Å². The van der Waals surface area contributed by atoms with Gasteiger partial charge in [0.1, 0.15) is 5.75 Å². The highest BCUT2D eigenvalue weighted by Crippen LogP contribution is 2.23. The van der Waals surface area contributed by atoms with Gasteiger partial charge in [-0.15, -0.1) is 0 Å². The van der Waals surface area contributed by atoms with Gasteiger partial charge >= 0.3 is 5.97 Å². The zero-order valence-electron chi connectivity index (χ0n) is 11.9. The van der Waals surface area contributed by atoms with Crippen molar-refractivity contribution in [2.45, 2.75) is 6.42 Å². The highest BCUT2D eigenvalue weighted by atomic mass is 79.9. The maximum Gasteiger partial charge on any atom is 0.337 e. The van der Waals surface area contributed by atoms with Crippen molar-refractivity contribution in [3.05, 3.63) is 57.5 Å². The first-order valence-electron chi connectivity index (χ1n) is 6.67. The molecule has 0 bridgehead atoms. The van der Waals surface area contributed by atoms with Crippen molar-refractivity contribution in [1.29, 1.82) is 0 Å². The molecule has 2 aromatic carbocycles. The van der Waals surface area contributed by atoms with E-state index < -0.39 is 5.97 Å². The smallest absolute Gasteiger partial charge is 0.337 e. The van der Waals surface area contributed by atoms with E-state index in [0.717, 1.165) is 0 Å². The van der Waals surface area contributed by atoms with E-state index >= 15 is 0 Å². The summed E-state index contributed by atoms with van der Waals surface area (Å²) in [5.74, 6) is -0.965. The molecule has 0 saturated carbocycles. The van der Waals surface area contributed by atoms with E-state index in [1.54, 1.807) is 30.3 Å². The Bertz CT molecular complexity index is 736. The van der Waals surface area contributed by atoms with Crippen molar-refractivity contribution in [3.8, 4) is 5.75 Å². The third-order valence-corrected chi connectivity index (χ3v) is 3.71. The first-order chi connectivity index (χ1) is 11.0. The average Bonchev–Trinajstić information content (AvgIpc) is 2.51. The Kier molecular flexibility index (Phi) is 6.01. The number of carbonyl (C=O) groups excluding carboxylic acids is 1. The number of amides is 1. The van der Waals surface area contributed by atoms with Gasteiger partial charge in [-0.1, -0.05) is 39.7 Å². The normalized spacial score (nSPS) is 10.2. The monoisotopic (exact) mass is 397 g/mol. The molecule has 0 unspecified atom stereocenters. The lowest BCUT2D eigenvalue weighted by atomic mass is 10.2. The molecular formula is C16H13BrClNO4. The van der Waals surface area contributed by atoms with E-state index in [1.807, 2.05) is 0 Å². The molecule has 0 saturated heterocycles. The summed E-state index contributed by atoms with van der Waals surface area (Å²) in [5.41, 5.74) is 0.253. The van der Waals surface area contributed by atoms with Crippen LogP contribution in [0, 0.1) is 0 Å². The maximum absolute atomic E-state index is 11.9. The minimum absolute atomic E-state index is 0.0137. The molecule has 120 valence electrons. The number of nitrogens with one attached hydrogen (secondary N) is 1. The quantitative estimate of drug-likeness (QED) is 0.764. The van der Waals surface area contributed by atoms with Crippen LogP contribution in [0.15, 0.2) is 46.9 Å². The molecule has 0 aliphatic rings. The van der Waals surface area contributed by atoms with Crippen LogP contribution in [0.25, 0.3) is 0 Å². The van der Waals surface area contributed by atoms with Gasteiger partial charge in [0.2, 0.25) is 5.91 Å². The number of para-hydroxylation sites is 1. The zero-order valence-corrected chi connectivity index (χ0v) is 14.2. The summed E-state index contributed by atoms with van der Waals surface area (Å²) in [4.78, 5) is 23.1. The van der Waals surface area contributed by atoms with Crippen LogP contribution in [-0.4, -0.2) is 23.6 Å². The summed E-state index contributed by atoms with van der Waals surface area (Å²) >= 11 is 9.14. The summed E-state index contributed by atoms with van der Waals surface area (Å²) in [6.07, 6.45) is 0.0698. The number of benzene rings is 2. The average molecular weight is 399 g/mol. The van der Waals surface area contributed by atoms with Gasteiger partial charge in [0, 0.05) is 4.47 Å². The molecule has 2 N–H and O–H groups in total. The Labute approximate surface area is 146 Å². The van der Waals surface area contributed by atoms with Crippen LogP contribution in [-0.2, 0) is 4.79 Å². The number of anilines is 1. The van der Waals surface area contributed by atoms with Gasteiger partial charge in [-0.25, -0.2) is 4.79 Å². The number of carboxylic acids is 1. The number of halogens is 2. The number of rotatable bonds is 6. The van der Waals surface area contributed by atoms with Gasteiger partial charge in [-0.3, -0.25) is 4.79 Å². The zero-order chi connectivity index (χ0) is 16.8. The fourth-order valence-electron chi connectivity index (χ4n) is 1.83. The van der Waals surface area contributed by atoms with Crippen LogP contribution in [0.4, 0.5) is 5.69 Å². The van der Waals surface area contributed by atoms with Gasteiger partial charge in [0.05, 0.1) is 29.3 Å². The van der Waals surface area contributed by atoms with Crippen LogP contribution in [0.3, 0.4) is 0 Å². The Morgan fingerprint density at radius 3 is 2.65 bits per heavy atom. The first kappa shape index (κ1) is 17.3. The van der Waals surface area contributed by atoms with Crippen molar-refractivity contribution >= 4 is 45.1 Å². The highest BCUT2D eigenvalue weighted by Gasteiger charge is 2.13. The number of hydrogen-bond donors (Lipinski definition) is 2. The summed E-state index contributed by atoms with van der Waals surface area (Å²) in [6.45, 7) is 0.133. The third kappa shape index (κ3) is 4.97. The molecular weight excluding hydrogens is 386 g/mol. The van der Waals surface area contributed by atoms with Crippen LogP contribution in [0.2, 0.25) is 5.02 Å². The maximum atomic E-state index is 11.9. The number of aromatic carboxylic acids is 1. The molecule has 2 rings (SSSR count). The predicted molar refractivity (Wildman–Crippen MR) is 91.3 cm³/mol. The standard InChI is InChI=1S/C16H13BrClNO4/c17-10-5-6-13(11(9-10)16(21)22)19-15(20)7-8-23-14-4-2-1-3-12(14)18/h1-6,9H,7-8H2,(H,19,20)(H,21,22). The van der Waals surface area contributed by atoms with Gasteiger partial charge < -0.3 is 15.2 Å². The molecule has 0 radical (unpaired) electrons. The van der Waals surface area contributed by atoms with Crippen LogP contribution in [0.1, 0.15) is 16.8 Å². The Balaban J connectivity index is 1.93. The lowest BCUT2D eigenvalue weighted by Crippen LogP contribution is -2.17. The van der Waals surface area contributed by atoms with Gasteiger partial charge in [0.25, 0.3) is 0 Å². The molecule has 0 aliphatic heterocycles. The minimum atomic E-state index is -1.12. The SMILES string of the molecule is O=C(CCOc1ccccc1Cl)Nc1ccc(Br)cc1C(=O)O. The summed E-state index contributed by atoms with van der Waals surface area (Å²) < 4.78 is 6.05. The lowest BCUT2D eigenvalue weighted by molar-refractivity contribution is -0.116. The second-order valence-electron chi connectivity index (χ2n) is 4.57. The topological polar surface area (TPSA) is 75.6 Å². The van der Waals surface area contributed by atoms with Crippen LogP contribution >= 0.6 is 27.5 Å². The van der Waals surface area contributed by atoms with Crippen molar-refractivity contribution in [2.75, 3.05) is 11.9 Å². The highest BCUT2D eigenvalue weighted by molar-refractivity contribution is 9.10. The van der Waals surface area contributed by atoms with Crippen LogP contribution in [0.5, 0.6) is 5.75 Å². The molecule has 23 heavy (non-hydrogen) atoms. The molecule has 0 fully saturated rings. The fourth-order valence-corrected chi connectivity index (χ4v) is 2.38. The van der Waals surface area contributed by atoms with E-state index in [4.69, 9.17) is 21.4 Å². The molecule has 0 aliphatic carbocycles. The molecule has 7 heteroatoms. The van der Waals surface area contributed by atoms with Gasteiger partial charge in [-0.2, -0.15) is 0 Å². The van der Waals surface area contributed by atoms with E-state index in [1.165, 1.54) is 12.1 Å². The Morgan fingerprint density at radius 1 is 1.22 bits per heavy atom. The van der Waals surface area contributed by atoms with Crippen LogP contribution < -0.4 is 10.1 Å². The van der Waals surface area contributed by atoms with Crippen molar-refractivity contribution in [2.24, 2.45) is 0 Å². The largest absolute Gasteiger partial charge is 0.491 e. The van der Waals surface area contributed by atoms with Crippen molar-refractivity contribution in [1.82, 2.24) is 0 Å². The molecule has 0 aromatic heterocycles. The molecule has 2 aromatic rings. The fraction of sp³-hybridized carbons (Fsp3) is 0.125. The molecule has 0 heterocycles. The Hall–Kier alpha value is -2.05. The summed E-state index contributed by atoms with van der Waals surface area (Å²) in [6, 6.07) is 11.6. The minimum Gasteiger partial charge on any atom is -0.491 e. The lowest BCUT2D eigenvalue weighted by Gasteiger charge is -2.10. The third-order valence-electron chi connectivity index (χ3n) is 2.91. The molecule has 1 amide bonds. The van der Waals surface area contributed by atoms with E-state index in [9.17, 15) is 9.59 Å². The second kappa shape index (κ2) is 7.99. The molecule has 0 spiro atoms. The van der Waals surface area contributed by atoms with E-state index in [0.29, 0.717) is 15.2 Å². The predicted octanol–water partition coefficient (Wildman–Crippen LogP) is 4.21. The van der Waals surface area contributed by atoms with Gasteiger partial charge in [0.15, 0.2) is 0 Å². The first-order valence-corrected chi connectivity index (χ1v) is 7.84. The number of ether oxygens (including phenoxy) is 1. The molecule has 5 nitrogen and oxygen atoms in total. The Morgan fingerprint density at radius 2 is 1.96 bits per heavy atom. The van der Waals surface area contributed by atoms with E-state index in [-0.39, 0.29) is 30.2 Å². The second-order valence-corrected chi connectivity index (χ2v) is 5.89. The number of hydrogen-bond acceptors (Lipinski definition) is 3. The van der Waals surface area contributed by atoms with E-state index in [2.05, 4.69) is 21.2 Å². The van der Waals surface area contributed by atoms with Gasteiger partial charge in [-0.05, 0) is 30.3 Å². The summed E-state index contributed by atoms with van der Waals surface area (Å²) in [5, 5.41) is 12.2. The van der Waals surface area contributed by atoms with Crippen molar-refractivity contribution < 1.29 is 19.4 Å².